The van der Waals surface area contributed by atoms with Crippen LogP contribution in [0, 0.1) is 0 Å². The monoisotopic (exact) mass is 686 g/mol. The Balaban J connectivity index is 1.35. The SMILES string of the molecule is CC(C)(C)c1ccc(N2B3c4c(cc5c(sc6ccccc65)c4-c4cc(C(C)(C)C)ccc42)-n2c4cc5ccccc5cc4c4cccc3c42)cc1. The second-order valence-electron chi connectivity index (χ2n) is 17.0. The minimum Gasteiger partial charge on any atom is -0.376 e. The minimum atomic E-state index is 0.00279. The first kappa shape index (κ1) is 30.3. The summed E-state index contributed by atoms with van der Waals surface area (Å²) in [5, 5.41) is 7.86. The van der Waals surface area contributed by atoms with E-state index < -0.39 is 0 Å². The van der Waals surface area contributed by atoms with Crippen LogP contribution in [0.5, 0.6) is 0 Å². The van der Waals surface area contributed by atoms with Gasteiger partial charge in [-0.05, 0) is 92.2 Å². The van der Waals surface area contributed by atoms with Crippen molar-refractivity contribution in [2.75, 3.05) is 4.81 Å². The van der Waals surface area contributed by atoms with Crippen molar-refractivity contribution < 1.29 is 0 Å². The van der Waals surface area contributed by atoms with E-state index in [9.17, 15) is 0 Å². The maximum atomic E-state index is 2.66. The fourth-order valence-electron chi connectivity index (χ4n) is 9.22. The highest BCUT2D eigenvalue weighted by Crippen LogP contribution is 2.50. The van der Waals surface area contributed by atoms with Crippen LogP contribution in [0.3, 0.4) is 0 Å². The van der Waals surface area contributed by atoms with Crippen molar-refractivity contribution in [3.63, 3.8) is 0 Å². The van der Waals surface area contributed by atoms with Gasteiger partial charge in [-0.15, -0.1) is 11.3 Å². The first-order chi connectivity index (χ1) is 25.1. The van der Waals surface area contributed by atoms with Gasteiger partial charge in [0.25, 0.3) is 0 Å². The third-order valence-corrected chi connectivity index (χ3v) is 13.0. The number of thiophene rings is 1. The van der Waals surface area contributed by atoms with Crippen LogP contribution in [0.2, 0.25) is 0 Å². The molecule has 11 rings (SSSR count). The zero-order valence-electron chi connectivity index (χ0n) is 30.5. The molecule has 0 fully saturated rings. The van der Waals surface area contributed by atoms with Crippen LogP contribution < -0.4 is 15.7 Å². The average molecular weight is 687 g/mol. The van der Waals surface area contributed by atoms with E-state index in [-0.39, 0.29) is 17.7 Å². The van der Waals surface area contributed by atoms with E-state index in [0.717, 1.165) is 0 Å². The Hall–Kier alpha value is -5.32. The van der Waals surface area contributed by atoms with Gasteiger partial charge in [-0.3, -0.25) is 0 Å². The summed E-state index contributed by atoms with van der Waals surface area (Å²) >= 11 is 1.95. The lowest BCUT2D eigenvalue weighted by Gasteiger charge is -2.43. The standard InChI is InChI=1S/C48H39BN2S/c1-47(2,3)30-18-21-32(22-19-30)51-39-23-20-31(48(4,5)6)26-37(39)43-44-41(27-36-33-14-9-10-17-42(33)52-46(36)43)50-40-25-29-13-8-7-12-28(29)24-35(40)34-15-11-16-38(45(34)50)49(44)51/h7-27H,1-6H3. The number of nitrogens with zero attached hydrogens (tertiary/aromatic N) is 2. The molecule has 0 unspecified atom stereocenters. The molecule has 2 nitrogen and oxygen atoms in total. The molecule has 0 saturated heterocycles. The van der Waals surface area contributed by atoms with Crippen LogP contribution in [0.1, 0.15) is 52.7 Å². The molecular weight excluding hydrogens is 647 g/mol. The Bertz CT molecular complexity index is 2990. The lowest BCUT2D eigenvalue weighted by molar-refractivity contribution is 0.590. The van der Waals surface area contributed by atoms with E-state index >= 15 is 0 Å². The number of benzene rings is 7. The molecule has 2 aliphatic rings. The quantitative estimate of drug-likeness (QED) is 0.156. The van der Waals surface area contributed by atoms with E-state index in [0.29, 0.717) is 0 Å². The lowest BCUT2D eigenvalue weighted by Crippen LogP contribution is -2.60. The van der Waals surface area contributed by atoms with E-state index in [1.807, 2.05) is 11.3 Å². The van der Waals surface area contributed by atoms with Crippen LogP contribution in [0.25, 0.3) is 69.6 Å². The highest BCUT2D eigenvalue weighted by Gasteiger charge is 2.45. The zero-order valence-corrected chi connectivity index (χ0v) is 31.3. The van der Waals surface area contributed by atoms with Gasteiger partial charge in [-0.25, -0.2) is 0 Å². The van der Waals surface area contributed by atoms with Crippen LogP contribution >= 0.6 is 11.3 Å². The highest BCUT2D eigenvalue weighted by molar-refractivity contribution is 7.26. The molecule has 0 amide bonds. The van der Waals surface area contributed by atoms with Gasteiger partial charge in [0.1, 0.15) is 0 Å². The van der Waals surface area contributed by atoms with Crippen molar-refractivity contribution >= 4 is 93.2 Å². The molecular formula is C48H39BN2S. The molecule has 0 radical (unpaired) electrons. The molecule has 0 N–H and O–H groups in total. The molecule has 9 aromatic rings. The Morgan fingerprint density at radius 1 is 0.558 bits per heavy atom. The van der Waals surface area contributed by atoms with Gasteiger partial charge in [0.2, 0.25) is 0 Å². The Morgan fingerprint density at radius 3 is 2.02 bits per heavy atom. The van der Waals surface area contributed by atoms with Crippen LogP contribution in [-0.2, 0) is 10.8 Å². The normalized spacial score (nSPS) is 13.9. The molecule has 0 aliphatic carbocycles. The van der Waals surface area contributed by atoms with E-state index in [1.165, 1.54) is 103 Å². The molecule has 4 heteroatoms. The maximum absolute atomic E-state index is 2.66. The van der Waals surface area contributed by atoms with Crippen molar-refractivity contribution in [3.8, 4) is 16.8 Å². The third kappa shape index (κ3) is 4.02. The molecule has 0 spiro atoms. The van der Waals surface area contributed by atoms with Crippen molar-refractivity contribution in [2.24, 2.45) is 0 Å². The predicted molar refractivity (Wildman–Crippen MR) is 228 cm³/mol. The molecule has 2 aromatic heterocycles. The van der Waals surface area contributed by atoms with Gasteiger partial charge in [0, 0.05) is 59.1 Å². The molecule has 0 atom stereocenters. The minimum absolute atomic E-state index is 0.00279. The van der Waals surface area contributed by atoms with Crippen molar-refractivity contribution in [1.82, 2.24) is 4.57 Å². The number of fused-ring (bicyclic) bond motifs is 12. The van der Waals surface area contributed by atoms with Gasteiger partial charge in [0.05, 0.1) is 11.0 Å². The summed E-state index contributed by atoms with van der Waals surface area (Å²) in [7, 11) is 0. The summed E-state index contributed by atoms with van der Waals surface area (Å²) in [6.45, 7) is 13.9. The number of anilines is 2. The fraction of sp³-hybridized carbons (Fsp3) is 0.167. The largest absolute Gasteiger partial charge is 0.376 e. The lowest BCUT2D eigenvalue weighted by atomic mass is 9.44. The van der Waals surface area contributed by atoms with Gasteiger partial charge in [-0.1, -0.05) is 120 Å². The summed E-state index contributed by atoms with van der Waals surface area (Å²) in [6, 6.07) is 48.9. The molecule has 7 aromatic carbocycles. The first-order valence-electron chi connectivity index (χ1n) is 18.6. The topological polar surface area (TPSA) is 8.17 Å². The molecule has 2 aliphatic heterocycles. The molecule has 4 heterocycles. The zero-order chi connectivity index (χ0) is 35.3. The van der Waals surface area contributed by atoms with Crippen LogP contribution in [0.4, 0.5) is 11.4 Å². The fourth-order valence-corrected chi connectivity index (χ4v) is 10.5. The van der Waals surface area contributed by atoms with E-state index in [1.54, 1.807) is 0 Å². The highest BCUT2D eigenvalue weighted by atomic mass is 32.1. The Kier molecular flexibility index (Phi) is 5.93. The van der Waals surface area contributed by atoms with E-state index in [2.05, 4.69) is 178 Å². The Labute approximate surface area is 309 Å². The number of hydrogen-bond acceptors (Lipinski definition) is 2. The van der Waals surface area contributed by atoms with Crippen LogP contribution in [0.15, 0.2) is 127 Å². The summed E-state index contributed by atoms with van der Waals surface area (Å²) in [5.74, 6) is 0. The summed E-state index contributed by atoms with van der Waals surface area (Å²) in [6.07, 6.45) is 0. The Morgan fingerprint density at radius 2 is 1.25 bits per heavy atom. The smallest absolute Gasteiger partial charge is 0.333 e. The molecule has 52 heavy (non-hydrogen) atoms. The van der Waals surface area contributed by atoms with Crippen molar-refractivity contribution in [2.45, 2.75) is 52.4 Å². The summed E-state index contributed by atoms with van der Waals surface area (Å²) < 4.78 is 5.34. The maximum Gasteiger partial charge on any atom is 0.333 e. The summed E-state index contributed by atoms with van der Waals surface area (Å²) in [4.78, 5) is 2.66. The van der Waals surface area contributed by atoms with Gasteiger partial charge in [-0.2, -0.15) is 0 Å². The third-order valence-electron chi connectivity index (χ3n) is 11.8. The van der Waals surface area contributed by atoms with Crippen molar-refractivity contribution in [3.05, 3.63) is 139 Å². The van der Waals surface area contributed by atoms with Crippen LogP contribution in [-0.4, -0.2) is 11.4 Å². The number of para-hydroxylation sites is 1. The van der Waals surface area contributed by atoms with Gasteiger partial charge >= 0.3 is 6.85 Å². The molecule has 0 saturated carbocycles. The van der Waals surface area contributed by atoms with Gasteiger partial charge < -0.3 is 9.38 Å². The first-order valence-corrected chi connectivity index (χ1v) is 19.4. The summed E-state index contributed by atoms with van der Waals surface area (Å²) in [5.41, 5.74) is 14.7. The van der Waals surface area contributed by atoms with Crippen molar-refractivity contribution in [1.29, 1.82) is 0 Å². The predicted octanol–water partition coefficient (Wildman–Crippen LogP) is 12.1. The second-order valence-corrected chi connectivity index (χ2v) is 18.1. The number of rotatable bonds is 1. The van der Waals surface area contributed by atoms with Gasteiger partial charge in [0.15, 0.2) is 0 Å². The molecule has 250 valence electrons. The number of aromatic nitrogens is 1. The van der Waals surface area contributed by atoms with E-state index in [4.69, 9.17) is 0 Å². The number of hydrogen-bond donors (Lipinski definition) is 0. The second kappa shape index (κ2) is 10.2. The molecule has 0 bridgehead atoms. The average Bonchev–Trinajstić information content (AvgIpc) is 3.67.